The molecule has 0 aliphatic heterocycles. The SMILES string of the molecule is CN(C(=O)COC(=O)C=Cc1ccc(Cl)cc1Cl)c1ccccc1. The number of hydrogen-bond donors (Lipinski definition) is 0. The van der Waals surface area contributed by atoms with E-state index in [2.05, 4.69) is 0 Å². The first kappa shape index (κ1) is 18.0. The summed E-state index contributed by atoms with van der Waals surface area (Å²) in [6, 6.07) is 14.0. The lowest BCUT2D eigenvalue weighted by atomic mass is 10.2. The number of esters is 1. The molecule has 0 saturated carbocycles. The summed E-state index contributed by atoms with van der Waals surface area (Å²) >= 11 is 11.8. The molecule has 0 N–H and O–H groups in total. The minimum Gasteiger partial charge on any atom is -0.452 e. The second-order valence-corrected chi connectivity index (χ2v) is 5.74. The van der Waals surface area contributed by atoms with Gasteiger partial charge in [-0.1, -0.05) is 47.5 Å². The van der Waals surface area contributed by atoms with Gasteiger partial charge in [-0.25, -0.2) is 4.79 Å². The molecule has 0 aliphatic carbocycles. The number of likely N-dealkylation sites (N-methyl/N-ethyl adjacent to an activating group) is 1. The summed E-state index contributed by atoms with van der Waals surface area (Å²) in [5, 5.41) is 0.931. The summed E-state index contributed by atoms with van der Waals surface area (Å²) in [6.45, 7) is -0.344. The quantitative estimate of drug-likeness (QED) is 0.590. The van der Waals surface area contributed by atoms with E-state index in [0.29, 0.717) is 15.6 Å². The van der Waals surface area contributed by atoms with Crippen molar-refractivity contribution in [2.45, 2.75) is 0 Å². The normalized spacial score (nSPS) is 10.6. The number of carbonyl (C=O) groups excluding carboxylic acids is 2. The third-order valence-corrected chi connectivity index (χ3v) is 3.78. The number of anilines is 1. The molecule has 24 heavy (non-hydrogen) atoms. The lowest BCUT2D eigenvalue weighted by Crippen LogP contribution is -2.30. The van der Waals surface area contributed by atoms with Crippen molar-refractivity contribution >= 4 is 46.8 Å². The van der Waals surface area contributed by atoms with Gasteiger partial charge < -0.3 is 9.64 Å². The third kappa shape index (κ3) is 5.11. The van der Waals surface area contributed by atoms with Gasteiger partial charge in [0.15, 0.2) is 6.61 Å². The van der Waals surface area contributed by atoms with Crippen LogP contribution in [0.25, 0.3) is 6.08 Å². The van der Waals surface area contributed by atoms with Gasteiger partial charge in [0.2, 0.25) is 0 Å². The average Bonchev–Trinajstić information content (AvgIpc) is 2.59. The van der Waals surface area contributed by atoms with Crippen LogP contribution in [0.5, 0.6) is 0 Å². The van der Waals surface area contributed by atoms with E-state index in [4.69, 9.17) is 27.9 Å². The first-order valence-electron chi connectivity index (χ1n) is 7.09. The topological polar surface area (TPSA) is 46.6 Å². The lowest BCUT2D eigenvalue weighted by molar-refractivity contribution is -0.142. The van der Waals surface area contributed by atoms with Gasteiger partial charge in [-0.15, -0.1) is 0 Å². The van der Waals surface area contributed by atoms with Gasteiger partial charge in [-0.3, -0.25) is 4.79 Å². The minimum atomic E-state index is -0.629. The largest absolute Gasteiger partial charge is 0.452 e. The van der Waals surface area contributed by atoms with E-state index >= 15 is 0 Å². The highest BCUT2D eigenvalue weighted by Gasteiger charge is 2.12. The van der Waals surface area contributed by atoms with Gasteiger partial charge in [-0.2, -0.15) is 0 Å². The summed E-state index contributed by atoms with van der Waals surface area (Å²) in [7, 11) is 1.62. The molecule has 0 spiro atoms. The molecule has 6 heteroatoms. The van der Waals surface area contributed by atoms with E-state index in [0.717, 1.165) is 5.69 Å². The van der Waals surface area contributed by atoms with Crippen LogP contribution in [-0.2, 0) is 14.3 Å². The number of rotatable bonds is 5. The summed E-state index contributed by atoms with van der Waals surface area (Å²) in [4.78, 5) is 25.1. The number of benzene rings is 2. The van der Waals surface area contributed by atoms with E-state index in [1.807, 2.05) is 18.2 Å². The third-order valence-electron chi connectivity index (χ3n) is 3.22. The maximum Gasteiger partial charge on any atom is 0.331 e. The van der Waals surface area contributed by atoms with Crippen molar-refractivity contribution in [3.8, 4) is 0 Å². The number of hydrogen-bond acceptors (Lipinski definition) is 3. The van der Waals surface area contributed by atoms with Crippen LogP contribution in [0.3, 0.4) is 0 Å². The molecule has 2 rings (SSSR count). The Labute approximate surface area is 150 Å². The fourth-order valence-corrected chi connectivity index (χ4v) is 2.34. The van der Waals surface area contributed by atoms with Gasteiger partial charge in [0.1, 0.15) is 0 Å². The van der Waals surface area contributed by atoms with Gasteiger partial charge >= 0.3 is 5.97 Å². The highest BCUT2D eigenvalue weighted by Crippen LogP contribution is 2.22. The summed E-state index contributed by atoms with van der Waals surface area (Å²) < 4.78 is 4.95. The van der Waals surface area contributed by atoms with Crippen LogP contribution in [0.2, 0.25) is 10.0 Å². The molecule has 0 fully saturated rings. The fraction of sp³-hybridized carbons (Fsp3) is 0.111. The monoisotopic (exact) mass is 363 g/mol. The van der Waals surface area contributed by atoms with Gasteiger partial charge in [-0.05, 0) is 35.9 Å². The summed E-state index contributed by atoms with van der Waals surface area (Å²) in [6.07, 6.45) is 2.72. The first-order valence-corrected chi connectivity index (χ1v) is 7.84. The minimum absolute atomic E-state index is 0.326. The van der Waals surface area contributed by atoms with E-state index in [9.17, 15) is 9.59 Å². The van der Waals surface area contributed by atoms with Crippen molar-refractivity contribution < 1.29 is 14.3 Å². The van der Waals surface area contributed by atoms with Crippen LogP contribution >= 0.6 is 23.2 Å². The molecule has 0 bridgehead atoms. The van der Waals surface area contributed by atoms with Gasteiger partial charge in [0.05, 0.1) is 0 Å². The fourth-order valence-electron chi connectivity index (χ4n) is 1.87. The Morgan fingerprint density at radius 1 is 1.12 bits per heavy atom. The highest BCUT2D eigenvalue weighted by atomic mass is 35.5. The van der Waals surface area contributed by atoms with Crippen molar-refractivity contribution in [3.05, 3.63) is 70.2 Å². The lowest BCUT2D eigenvalue weighted by Gasteiger charge is -2.16. The van der Waals surface area contributed by atoms with E-state index in [1.165, 1.54) is 17.1 Å². The Bertz CT molecular complexity index is 760. The molecule has 1 amide bonds. The molecule has 0 atom stereocenters. The Balaban J connectivity index is 1.88. The molecule has 0 heterocycles. The molecule has 4 nitrogen and oxygen atoms in total. The van der Waals surface area contributed by atoms with Crippen LogP contribution in [0, 0.1) is 0 Å². The summed E-state index contributed by atoms with van der Waals surface area (Å²) in [5.41, 5.74) is 1.35. The Kier molecular flexibility index (Phi) is 6.41. The smallest absolute Gasteiger partial charge is 0.331 e. The second kappa shape index (κ2) is 8.52. The Morgan fingerprint density at radius 3 is 2.50 bits per heavy atom. The molecule has 124 valence electrons. The number of halogens is 2. The van der Waals surface area contributed by atoms with Crippen molar-refractivity contribution in [2.75, 3.05) is 18.6 Å². The standard InChI is InChI=1S/C18H15Cl2NO3/c1-21(15-5-3-2-4-6-15)17(22)12-24-18(23)10-8-13-7-9-14(19)11-16(13)20/h2-11H,12H2,1H3. The molecular formula is C18H15Cl2NO3. The van der Waals surface area contributed by atoms with E-state index in [-0.39, 0.29) is 12.5 Å². The second-order valence-electron chi connectivity index (χ2n) is 4.90. The number of carbonyl (C=O) groups is 2. The number of amides is 1. The molecule has 0 unspecified atom stereocenters. The molecule has 0 aromatic heterocycles. The van der Waals surface area contributed by atoms with Crippen LogP contribution in [-0.4, -0.2) is 25.5 Å². The maximum absolute atomic E-state index is 12.0. The van der Waals surface area contributed by atoms with Crippen molar-refractivity contribution in [2.24, 2.45) is 0 Å². The zero-order valence-electron chi connectivity index (χ0n) is 12.9. The van der Waals surface area contributed by atoms with Gasteiger partial charge in [0.25, 0.3) is 5.91 Å². The predicted octanol–water partition coefficient (Wildman–Crippen LogP) is 4.21. The molecule has 2 aromatic rings. The van der Waals surface area contributed by atoms with Crippen molar-refractivity contribution in [3.63, 3.8) is 0 Å². The predicted molar refractivity (Wildman–Crippen MR) is 96.3 cm³/mol. The zero-order chi connectivity index (χ0) is 17.5. The average molecular weight is 364 g/mol. The van der Waals surface area contributed by atoms with Crippen LogP contribution in [0.1, 0.15) is 5.56 Å². The number of ether oxygens (including phenoxy) is 1. The van der Waals surface area contributed by atoms with Crippen LogP contribution in [0.15, 0.2) is 54.6 Å². The highest BCUT2D eigenvalue weighted by molar-refractivity contribution is 6.35. The maximum atomic E-state index is 12.0. The Morgan fingerprint density at radius 2 is 1.83 bits per heavy atom. The number of para-hydroxylation sites is 1. The van der Waals surface area contributed by atoms with Crippen molar-refractivity contribution in [1.82, 2.24) is 0 Å². The van der Waals surface area contributed by atoms with Crippen molar-refractivity contribution in [1.29, 1.82) is 0 Å². The molecule has 0 saturated heterocycles. The van der Waals surface area contributed by atoms with Crippen LogP contribution < -0.4 is 4.90 Å². The van der Waals surface area contributed by atoms with E-state index < -0.39 is 5.97 Å². The molecule has 0 aliphatic rings. The molecule has 0 radical (unpaired) electrons. The number of nitrogens with zero attached hydrogens (tertiary/aromatic N) is 1. The Hall–Kier alpha value is -2.30. The molecular weight excluding hydrogens is 349 g/mol. The van der Waals surface area contributed by atoms with Gasteiger partial charge in [0, 0.05) is 28.9 Å². The first-order chi connectivity index (χ1) is 11.5. The summed E-state index contributed by atoms with van der Waals surface area (Å²) in [5.74, 6) is -0.955. The zero-order valence-corrected chi connectivity index (χ0v) is 14.4. The van der Waals surface area contributed by atoms with E-state index in [1.54, 1.807) is 37.4 Å². The van der Waals surface area contributed by atoms with Crippen LogP contribution in [0.4, 0.5) is 5.69 Å². The molecule has 2 aromatic carbocycles.